The van der Waals surface area contributed by atoms with Gasteiger partial charge in [-0.2, -0.15) is 0 Å². The van der Waals surface area contributed by atoms with Gasteiger partial charge in [-0.15, -0.1) is 0 Å². The molecule has 624 valence electrons. The number of aliphatic hydroxyl groups excluding tert-OH is 1. The van der Waals surface area contributed by atoms with Gasteiger partial charge >= 0.3 is 39.5 Å². The van der Waals surface area contributed by atoms with Crippen molar-refractivity contribution in [2.45, 2.75) is 483 Å². The normalized spacial score (nSPS) is 13.8. The van der Waals surface area contributed by atoms with E-state index in [0.717, 1.165) is 95.8 Å². The van der Waals surface area contributed by atoms with Crippen LogP contribution in [-0.4, -0.2) is 96.7 Å². The van der Waals surface area contributed by atoms with E-state index in [2.05, 4.69) is 34.6 Å². The first-order chi connectivity index (χ1) is 51.0. The standard InChI is InChI=1S/C86H168O17P2/c1-6-9-12-15-18-21-24-27-30-33-35-38-41-44-47-50-57-62-67-71-85(90)102-81(75-96-83(88)69-64-59-54-48-45-42-39-37-34-31-28-25-22-19-16-13-10-7-2)77-100-104(92,93)98-73-80(87)74-99-105(94,95)101-78-82(76-97-84(89)70-65-60-55-52-51-53-58-63-68-79(4)5)103-86(91)72-66-61-56-49-46-43-40-36-32-29-26-23-20-17-14-11-8-3/h79-82,87H,6-78H2,1-5H3,(H,92,93)(H,94,95)/t80-,81-,82-/m1/s1. The van der Waals surface area contributed by atoms with Crippen molar-refractivity contribution in [2.75, 3.05) is 39.6 Å². The molecule has 0 rings (SSSR count). The van der Waals surface area contributed by atoms with E-state index in [9.17, 15) is 43.2 Å². The van der Waals surface area contributed by atoms with Gasteiger partial charge in [-0.3, -0.25) is 37.3 Å². The Morgan fingerprint density at radius 2 is 0.438 bits per heavy atom. The number of aliphatic hydroxyl groups is 1. The van der Waals surface area contributed by atoms with Gasteiger partial charge in [0.1, 0.15) is 19.3 Å². The van der Waals surface area contributed by atoms with Crippen LogP contribution in [0.5, 0.6) is 0 Å². The second-order valence-electron chi connectivity index (χ2n) is 31.4. The SMILES string of the molecule is CCCCCCCCCCCCCCCCCCCCCC(=O)O[C@H](COC(=O)CCCCCCCCCCCCCCCCCCCC)COP(=O)(O)OC[C@@H](O)COP(=O)(O)OC[C@@H](COC(=O)CCCCCCCCCCC(C)C)OC(=O)CCCCCCCCCCCCCCCCCCC. The Balaban J connectivity index is 5.24. The molecule has 2 unspecified atom stereocenters. The minimum Gasteiger partial charge on any atom is -0.462 e. The number of phosphoric ester groups is 2. The van der Waals surface area contributed by atoms with Crippen LogP contribution in [0.1, 0.15) is 465 Å². The highest BCUT2D eigenvalue weighted by Crippen LogP contribution is 2.45. The molecule has 0 saturated carbocycles. The van der Waals surface area contributed by atoms with Gasteiger partial charge in [0.15, 0.2) is 12.2 Å². The zero-order valence-corrected chi connectivity index (χ0v) is 70.7. The second kappa shape index (κ2) is 78.7. The van der Waals surface area contributed by atoms with E-state index >= 15 is 0 Å². The van der Waals surface area contributed by atoms with Crippen LogP contribution in [0.15, 0.2) is 0 Å². The number of ether oxygens (including phenoxy) is 4. The molecule has 19 heteroatoms. The van der Waals surface area contributed by atoms with Crippen molar-refractivity contribution in [1.82, 2.24) is 0 Å². The van der Waals surface area contributed by atoms with Gasteiger partial charge in [0.25, 0.3) is 0 Å². The average molecular weight is 1540 g/mol. The first-order valence-electron chi connectivity index (χ1n) is 44.6. The van der Waals surface area contributed by atoms with Gasteiger partial charge < -0.3 is 33.8 Å². The number of phosphoric acid groups is 2. The maximum absolute atomic E-state index is 13.1. The summed E-state index contributed by atoms with van der Waals surface area (Å²) < 4.78 is 68.9. The predicted octanol–water partition coefficient (Wildman–Crippen LogP) is 26.4. The Labute approximate surface area is 645 Å². The molecule has 105 heavy (non-hydrogen) atoms. The van der Waals surface area contributed by atoms with Crippen LogP contribution >= 0.6 is 15.6 Å². The van der Waals surface area contributed by atoms with Crippen molar-refractivity contribution in [3.63, 3.8) is 0 Å². The van der Waals surface area contributed by atoms with Crippen LogP contribution in [0.3, 0.4) is 0 Å². The molecule has 0 aromatic rings. The van der Waals surface area contributed by atoms with Crippen molar-refractivity contribution in [1.29, 1.82) is 0 Å². The molecular formula is C86H168O17P2. The smallest absolute Gasteiger partial charge is 0.462 e. The maximum atomic E-state index is 13.1. The Kier molecular flexibility index (Phi) is 77.3. The lowest BCUT2D eigenvalue weighted by molar-refractivity contribution is -0.161. The lowest BCUT2D eigenvalue weighted by Gasteiger charge is -2.21. The molecule has 0 aliphatic carbocycles. The van der Waals surface area contributed by atoms with Crippen molar-refractivity contribution < 1.29 is 80.2 Å². The van der Waals surface area contributed by atoms with E-state index in [-0.39, 0.29) is 25.7 Å². The molecule has 3 N–H and O–H groups in total. The quantitative estimate of drug-likeness (QED) is 0.0222. The number of hydrogen-bond donors (Lipinski definition) is 3. The molecule has 0 fully saturated rings. The fourth-order valence-corrected chi connectivity index (χ4v) is 15.1. The molecule has 0 heterocycles. The topological polar surface area (TPSA) is 237 Å². The van der Waals surface area contributed by atoms with Gasteiger partial charge in [0, 0.05) is 25.7 Å². The molecule has 0 aliphatic heterocycles. The predicted molar refractivity (Wildman–Crippen MR) is 432 cm³/mol. The summed E-state index contributed by atoms with van der Waals surface area (Å²) in [6.07, 6.45) is 72.2. The van der Waals surface area contributed by atoms with Crippen LogP contribution in [0.25, 0.3) is 0 Å². The molecule has 0 amide bonds. The van der Waals surface area contributed by atoms with Crippen molar-refractivity contribution in [3.05, 3.63) is 0 Å². The summed E-state index contributed by atoms with van der Waals surface area (Å²) in [7, 11) is -9.93. The molecule has 0 spiro atoms. The lowest BCUT2D eigenvalue weighted by atomic mass is 10.0. The first-order valence-corrected chi connectivity index (χ1v) is 47.6. The zero-order valence-electron chi connectivity index (χ0n) is 68.9. The van der Waals surface area contributed by atoms with E-state index in [1.165, 1.54) is 289 Å². The van der Waals surface area contributed by atoms with Crippen LogP contribution in [-0.2, 0) is 65.4 Å². The van der Waals surface area contributed by atoms with Gasteiger partial charge in [-0.05, 0) is 31.6 Å². The van der Waals surface area contributed by atoms with Gasteiger partial charge in [-0.1, -0.05) is 413 Å². The minimum absolute atomic E-state index is 0.108. The van der Waals surface area contributed by atoms with Crippen molar-refractivity contribution >= 4 is 39.5 Å². The number of rotatable bonds is 86. The highest BCUT2D eigenvalue weighted by atomic mass is 31.2. The first kappa shape index (κ1) is 103. The molecule has 0 aromatic heterocycles. The highest BCUT2D eigenvalue weighted by Gasteiger charge is 2.30. The lowest BCUT2D eigenvalue weighted by Crippen LogP contribution is -2.30. The van der Waals surface area contributed by atoms with Crippen LogP contribution in [0.2, 0.25) is 0 Å². The number of carbonyl (C=O) groups excluding carboxylic acids is 4. The van der Waals surface area contributed by atoms with E-state index in [1.807, 2.05) is 0 Å². The van der Waals surface area contributed by atoms with E-state index in [4.69, 9.17) is 37.0 Å². The molecule has 0 saturated heterocycles. The summed E-state index contributed by atoms with van der Waals surface area (Å²) in [5.41, 5.74) is 0. The summed E-state index contributed by atoms with van der Waals surface area (Å²) in [5, 5.41) is 10.7. The summed E-state index contributed by atoms with van der Waals surface area (Å²) in [6.45, 7) is 7.34. The fraction of sp³-hybridized carbons (Fsp3) is 0.953. The number of hydrogen-bond acceptors (Lipinski definition) is 15. The molecule has 0 aromatic carbocycles. The molecule has 5 atom stereocenters. The largest absolute Gasteiger partial charge is 0.472 e. The van der Waals surface area contributed by atoms with Crippen molar-refractivity contribution in [2.24, 2.45) is 5.92 Å². The molecule has 0 aliphatic rings. The van der Waals surface area contributed by atoms with E-state index < -0.39 is 97.5 Å². The van der Waals surface area contributed by atoms with Gasteiger partial charge in [0.2, 0.25) is 0 Å². The molecule has 0 radical (unpaired) electrons. The highest BCUT2D eigenvalue weighted by molar-refractivity contribution is 7.47. The van der Waals surface area contributed by atoms with Gasteiger partial charge in [-0.25, -0.2) is 9.13 Å². The van der Waals surface area contributed by atoms with Crippen molar-refractivity contribution in [3.8, 4) is 0 Å². The maximum Gasteiger partial charge on any atom is 0.472 e. The fourth-order valence-electron chi connectivity index (χ4n) is 13.5. The van der Waals surface area contributed by atoms with E-state index in [1.54, 1.807) is 0 Å². The molecule has 17 nitrogen and oxygen atoms in total. The van der Waals surface area contributed by atoms with Gasteiger partial charge in [0.05, 0.1) is 26.4 Å². The van der Waals surface area contributed by atoms with Crippen LogP contribution < -0.4 is 0 Å². The van der Waals surface area contributed by atoms with E-state index in [0.29, 0.717) is 25.7 Å². The van der Waals surface area contributed by atoms with Crippen LogP contribution in [0, 0.1) is 5.92 Å². The summed E-state index contributed by atoms with van der Waals surface area (Å²) in [5.74, 6) is -1.37. The summed E-state index contributed by atoms with van der Waals surface area (Å²) >= 11 is 0. The number of carbonyl (C=O) groups is 4. The Morgan fingerprint density at radius 1 is 0.257 bits per heavy atom. The Morgan fingerprint density at radius 3 is 0.648 bits per heavy atom. The third kappa shape index (κ3) is 79.9. The second-order valence-corrected chi connectivity index (χ2v) is 34.3. The Bertz CT molecular complexity index is 2000. The summed E-state index contributed by atoms with van der Waals surface area (Å²) in [4.78, 5) is 73.2. The third-order valence-corrected chi connectivity index (χ3v) is 22.2. The summed E-state index contributed by atoms with van der Waals surface area (Å²) in [6, 6.07) is 0. The van der Waals surface area contributed by atoms with Crippen LogP contribution in [0.4, 0.5) is 0 Å². The number of esters is 4. The minimum atomic E-state index is -4.97. The monoisotopic (exact) mass is 1540 g/mol. The molecular weight excluding hydrogens is 1370 g/mol. The zero-order chi connectivity index (χ0) is 76.9. The third-order valence-electron chi connectivity index (χ3n) is 20.3. The Hall–Kier alpha value is -1.94. The number of unbranched alkanes of at least 4 members (excludes halogenated alkanes) is 58. The molecule has 0 bridgehead atoms. The average Bonchev–Trinajstić information content (AvgIpc) is 0.925.